The van der Waals surface area contributed by atoms with Crippen LogP contribution >= 0.6 is 11.8 Å². The fourth-order valence-corrected chi connectivity index (χ4v) is 5.78. The molecule has 2 aliphatic rings. The normalized spacial score (nSPS) is 35.6. The Bertz CT molecular complexity index is 372. The van der Waals surface area contributed by atoms with Crippen molar-refractivity contribution >= 4 is 21.6 Å². The zero-order valence-corrected chi connectivity index (χ0v) is 12.9. The number of sulfone groups is 1. The van der Waals surface area contributed by atoms with Crippen molar-refractivity contribution in [2.75, 3.05) is 37.4 Å². The van der Waals surface area contributed by atoms with Crippen molar-refractivity contribution < 1.29 is 8.42 Å². The van der Waals surface area contributed by atoms with Gasteiger partial charge in [-0.2, -0.15) is 11.8 Å². The van der Waals surface area contributed by atoms with Gasteiger partial charge in [0.15, 0.2) is 9.84 Å². The molecule has 6 heteroatoms. The van der Waals surface area contributed by atoms with Gasteiger partial charge in [-0.25, -0.2) is 8.42 Å². The molecule has 1 N–H and O–H groups in total. The lowest BCUT2D eigenvalue weighted by Crippen LogP contribution is -2.54. The molecule has 2 fully saturated rings. The molecular weight excluding hydrogens is 268 g/mol. The summed E-state index contributed by atoms with van der Waals surface area (Å²) < 4.78 is 23.7. The number of rotatable bonds is 3. The fourth-order valence-electron chi connectivity index (χ4n) is 2.83. The fraction of sp³-hybridized carbons (Fsp3) is 1.00. The highest BCUT2D eigenvalue weighted by atomic mass is 32.2. The predicted octanol–water partition coefficient (Wildman–Crippen LogP) is 0.794. The van der Waals surface area contributed by atoms with Gasteiger partial charge >= 0.3 is 0 Å². The van der Waals surface area contributed by atoms with E-state index in [4.69, 9.17) is 0 Å². The Morgan fingerprint density at radius 2 is 2.22 bits per heavy atom. The van der Waals surface area contributed by atoms with E-state index in [1.54, 1.807) is 11.8 Å². The lowest BCUT2D eigenvalue weighted by Gasteiger charge is -2.39. The number of piperidine rings is 1. The van der Waals surface area contributed by atoms with Crippen LogP contribution in [0, 0.1) is 5.92 Å². The molecule has 18 heavy (non-hydrogen) atoms. The highest BCUT2D eigenvalue weighted by Crippen LogP contribution is 2.23. The Labute approximate surface area is 115 Å². The van der Waals surface area contributed by atoms with Gasteiger partial charge in [-0.15, -0.1) is 0 Å². The maximum Gasteiger partial charge on any atom is 0.164 e. The quantitative estimate of drug-likeness (QED) is 0.833. The van der Waals surface area contributed by atoms with Crippen LogP contribution in [0.25, 0.3) is 0 Å². The second-order valence-electron chi connectivity index (χ2n) is 5.53. The molecule has 2 saturated heterocycles. The largest absolute Gasteiger partial charge is 0.312 e. The first-order valence-electron chi connectivity index (χ1n) is 6.72. The molecule has 3 atom stereocenters. The van der Waals surface area contributed by atoms with Gasteiger partial charge in [-0.3, -0.25) is 4.90 Å². The number of hydrogen-bond donors (Lipinski definition) is 1. The van der Waals surface area contributed by atoms with Gasteiger partial charge in [-0.1, -0.05) is 6.92 Å². The number of thioether (sulfide) groups is 1. The molecule has 2 aliphatic heterocycles. The van der Waals surface area contributed by atoms with Crippen LogP contribution < -0.4 is 5.32 Å². The van der Waals surface area contributed by atoms with Crippen LogP contribution in [0.5, 0.6) is 0 Å². The molecular formula is C12H24N2O2S2. The minimum Gasteiger partial charge on any atom is -0.312 e. The summed E-state index contributed by atoms with van der Waals surface area (Å²) >= 11 is 1.76. The van der Waals surface area contributed by atoms with E-state index in [1.165, 1.54) is 19.1 Å². The Balaban J connectivity index is 2.01. The minimum absolute atomic E-state index is 0.285. The zero-order valence-electron chi connectivity index (χ0n) is 11.3. The Hall–Kier alpha value is 0.220. The van der Waals surface area contributed by atoms with Crippen molar-refractivity contribution in [3.8, 4) is 0 Å². The van der Waals surface area contributed by atoms with E-state index < -0.39 is 9.84 Å². The van der Waals surface area contributed by atoms with E-state index >= 15 is 0 Å². The van der Waals surface area contributed by atoms with Crippen molar-refractivity contribution in [2.45, 2.75) is 31.2 Å². The van der Waals surface area contributed by atoms with Crippen LogP contribution in [0.3, 0.4) is 0 Å². The first-order valence-corrected chi connectivity index (χ1v) is 9.83. The third-order valence-electron chi connectivity index (χ3n) is 4.05. The highest BCUT2D eigenvalue weighted by Gasteiger charge is 2.33. The summed E-state index contributed by atoms with van der Waals surface area (Å²) in [4.78, 5) is 2.17. The molecule has 3 unspecified atom stereocenters. The molecule has 0 aliphatic carbocycles. The van der Waals surface area contributed by atoms with E-state index in [0.29, 0.717) is 12.0 Å². The number of nitrogens with zero attached hydrogens (tertiary/aromatic N) is 1. The van der Waals surface area contributed by atoms with E-state index in [-0.39, 0.29) is 5.37 Å². The summed E-state index contributed by atoms with van der Waals surface area (Å²) in [5.74, 6) is 2.42. The van der Waals surface area contributed by atoms with Crippen LogP contribution in [-0.4, -0.2) is 62.1 Å². The molecule has 0 radical (unpaired) electrons. The predicted molar refractivity (Wildman–Crippen MR) is 77.7 cm³/mol. The van der Waals surface area contributed by atoms with Gasteiger partial charge in [0.25, 0.3) is 0 Å². The monoisotopic (exact) mass is 292 g/mol. The van der Waals surface area contributed by atoms with E-state index in [1.807, 2.05) is 0 Å². The van der Waals surface area contributed by atoms with Crippen LogP contribution in [-0.2, 0) is 9.84 Å². The van der Waals surface area contributed by atoms with Crippen molar-refractivity contribution in [3.05, 3.63) is 0 Å². The van der Waals surface area contributed by atoms with Crippen LogP contribution in [0.4, 0.5) is 0 Å². The van der Waals surface area contributed by atoms with Gasteiger partial charge in [-0.05, 0) is 25.3 Å². The third-order valence-corrected chi connectivity index (χ3v) is 6.73. The Morgan fingerprint density at radius 3 is 2.89 bits per heavy atom. The number of hydrogen-bond acceptors (Lipinski definition) is 5. The molecule has 0 bridgehead atoms. The molecule has 0 spiro atoms. The Kier molecular flexibility index (Phi) is 4.97. The molecule has 0 amide bonds. The summed E-state index contributed by atoms with van der Waals surface area (Å²) in [6.45, 7) is 5.11. The summed E-state index contributed by atoms with van der Waals surface area (Å²) in [6, 6.07) is 0.450. The molecule has 0 aromatic rings. The van der Waals surface area contributed by atoms with Gasteiger partial charge in [0.2, 0.25) is 0 Å². The summed E-state index contributed by atoms with van der Waals surface area (Å²) in [5, 5.41) is 3.26. The van der Waals surface area contributed by atoms with Crippen molar-refractivity contribution in [1.82, 2.24) is 10.2 Å². The second-order valence-corrected chi connectivity index (χ2v) is 8.89. The van der Waals surface area contributed by atoms with Gasteiger partial charge < -0.3 is 5.32 Å². The first kappa shape index (κ1) is 14.6. The smallest absolute Gasteiger partial charge is 0.164 e. The zero-order chi connectivity index (χ0) is 13.2. The average molecular weight is 292 g/mol. The standard InChI is InChI=1S/C12H24N2O2S2/c1-10-4-3-5-13-11(10)8-14-6-7-17-9-12(14)18(2,15)16/h10-13H,3-9H2,1-2H3. The number of nitrogens with one attached hydrogen (secondary N) is 1. The third kappa shape index (κ3) is 3.62. The van der Waals surface area contributed by atoms with Crippen LogP contribution in [0.2, 0.25) is 0 Å². The minimum atomic E-state index is -2.97. The van der Waals surface area contributed by atoms with Crippen molar-refractivity contribution in [1.29, 1.82) is 0 Å². The summed E-state index contributed by atoms with van der Waals surface area (Å²) in [6.07, 6.45) is 3.86. The maximum atomic E-state index is 11.8. The topological polar surface area (TPSA) is 49.4 Å². The molecule has 0 aromatic carbocycles. The summed E-state index contributed by atoms with van der Waals surface area (Å²) in [5.41, 5.74) is 0. The average Bonchev–Trinajstić information content (AvgIpc) is 2.31. The molecule has 0 aromatic heterocycles. The lowest BCUT2D eigenvalue weighted by molar-refractivity contribution is 0.188. The molecule has 4 nitrogen and oxygen atoms in total. The van der Waals surface area contributed by atoms with Crippen molar-refractivity contribution in [2.24, 2.45) is 5.92 Å². The SMILES string of the molecule is CC1CCCNC1CN1CCSCC1S(C)(=O)=O. The Morgan fingerprint density at radius 1 is 1.44 bits per heavy atom. The molecule has 2 heterocycles. The first-order chi connectivity index (χ1) is 8.48. The van der Waals surface area contributed by atoms with Crippen LogP contribution in [0.1, 0.15) is 19.8 Å². The van der Waals surface area contributed by atoms with Gasteiger partial charge in [0.05, 0.1) is 0 Å². The van der Waals surface area contributed by atoms with Crippen molar-refractivity contribution in [3.63, 3.8) is 0 Å². The van der Waals surface area contributed by atoms with E-state index in [9.17, 15) is 8.42 Å². The van der Waals surface area contributed by atoms with Gasteiger partial charge in [0, 0.05) is 36.9 Å². The lowest BCUT2D eigenvalue weighted by atomic mass is 9.92. The molecule has 0 saturated carbocycles. The highest BCUT2D eigenvalue weighted by molar-refractivity contribution is 8.00. The molecule has 106 valence electrons. The van der Waals surface area contributed by atoms with Crippen LogP contribution in [0.15, 0.2) is 0 Å². The second kappa shape index (κ2) is 6.11. The maximum absolute atomic E-state index is 11.8. The molecule has 2 rings (SSSR count). The van der Waals surface area contributed by atoms with E-state index in [2.05, 4.69) is 17.1 Å². The van der Waals surface area contributed by atoms with E-state index in [0.717, 1.165) is 31.1 Å². The van der Waals surface area contributed by atoms with Gasteiger partial charge in [0.1, 0.15) is 5.37 Å². The summed E-state index contributed by atoms with van der Waals surface area (Å²) in [7, 11) is -2.97.